The fourth-order valence-electron chi connectivity index (χ4n) is 3.38. The van der Waals surface area contributed by atoms with Gasteiger partial charge in [-0.2, -0.15) is 18.2 Å². The van der Waals surface area contributed by atoms with Crippen LogP contribution in [-0.2, 0) is 12.7 Å². The lowest BCUT2D eigenvalue weighted by molar-refractivity contribution is -0.384. The molecule has 0 saturated carbocycles. The minimum absolute atomic E-state index is 0.175. The van der Waals surface area contributed by atoms with Crippen molar-refractivity contribution in [1.82, 2.24) is 20.0 Å². The van der Waals surface area contributed by atoms with Crippen molar-refractivity contribution in [1.29, 1.82) is 0 Å². The maximum absolute atomic E-state index is 12.9. The lowest BCUT2D eigenvalue weighted by atomic mass is 10.1. The van der Waals surface area contributed by atoms with Crippen LogP contribution in [0.25, 0.3) is 11.4 Å². The normalized spacial score (nSPS) is 15.3. The molecule has 0 amide bonds. The Morgan fingerprint density at radius 3 is 2.58 bits per heavy atom. The zero-order valence-electron chi connectivity index (χ0n) is 16.1. The number of hydrogen-bond donors (Lipinski definition) is 0. The van der Waals surface area contributed by atoms with Crippen molar-refractivity contribution in [3.05, 3.63) is 64.3 Å². The molecule has 31 heavy (non-hydrogen) atoms. The molecule has 3 aromatic rings. The number of aromatic nitrogens is 3. The first-order valence-corrected chi connectivity index (χ1v) is 9.37. The van der Waals surface area contributed by atoms with Crippen molar-refractivity contribution in [3.8, 4) is 11.4 Å². The maximum atomic E-state index is 12.9. The molecule has 1 fully saturated rings. The van der Waals surface area contributed by atoms with E-state index in [1.165, 1.54) is 0 Å². The van der Waals surface area contributed by atoms with E-state index in [2.05, 4.69) is 15.1 Å². The summed E-state index contributed by atoms with van der Waals surface area (Å²) in [6.45, 7) is 2.29. The second kappa shape index (κ2) is 8.30. The number of nitro groups is 1. The predicted octanol–water partition coefficient (Wildman–Crippen LogP) is 3.38. The quantitative estimate of drug-likeness (QED) is 0.445. The van der Waals surface area contributed by atoms with Gasteiger partial charge in [-0.25, -0.2) is 0 Å². The Bertz CT molecular complexity index is 1070. The molecule has 0 spiro atoms. The van der Waals surface area contributed by atoms with Gasteiger partial charge in [0.15, 0.2) is 0 Å². The fourth-order valence-corrected chi connectivity index (χ4v) is 3.38. The summed E-state index contributed by atoms with van der Waals surface area (Å²) < 4.78 is 44.0. The molecule has 162 valence electrons. The van der Waals surface area contributed by atoms with E-state index in [4.69, 9.17) is 4.52 Å². The van der Waals surface area contributed by atoms with Gasteiger partial charge >= 0.3 is 6.18 Å². The molecule has 12 heteroatoms. The number of nitrogens with zero attached hydrogens (tertiary/aromatic N) is 6. The molecule has 9 nitrogen and oxygen atoms in total. The van der Waals surface area contributed by atoms with Crippen LogP contribution < -0.4 is 4.90 Å². The van der Waals surface area contributed by atoms with Crippen LogP contribution in [0, 0.1) is 10.1 Å². The lowest BCUT2D eigenvalue weighted by Gasteiger charge is -2.35. The number of pyridine rings is 1. The number of nitro benzene ring substituents is 1. The second-order valence-electron chi connectivity index (χ2n) is 6.97. The first-order valence-electron chi connectivity index (χ1n) is 9.37. The average Bonchev–Trinajstić information content (AvgIpc) is 3.22. The van der Waals surface area contributed by atoms with E-state index in [1.54, 1.807) is 23.4 Å². The van der Waals surface area contributed by atoms with Crippen LogP contribution in [-0.4, -0.2) is 51.1 Å². The third-order valence-electron chi connectivity index (χ3n) is 4.96. The largest absolute Gasteiger partial charge is 0.416 e. The Hall–Kier alpha value is -3.54. The van der Waals surface area contributed by atoms with Gasteiger partial charge in [-0.3, -0.25) is 20.0 Å². The molecular formula is C19H17F3N6O3. The highest BCUT2D eigenvalue weighted by Crippen LogP contribution is 2.36. The van der Waals surface area contributed by atoms with Crippen molar-refractivity contribution in [2.24, 2.45) is 0 Å². The lowest BCUT2D eigenvalue weighted by Crippen LogP contribution is -2.46. The zero-order valence-corrected chi connectivity index (χ0v) is 16.1. The van der Waals surface area contributed by atoms with Gasteiger partial charge in [0.2, 0.25) is 11.7 Å². The summed E-state index contributed by atoms with van der Waals surface area (Å²) in [4.78, 5) is 22.7. The number of piperazine rings is 1. The Kier molecular flexibility index (Phi) is 5.55. The molecule has 1 aliphatic heterocycles. The molecular weight excluding hydrogens is 417 g/mol. The predicted molar refractivity (Wildman–Crippen MR) is 103 cm³/mol. The highest BCUT2D eigenvalue weighted by Gasteiger charge is 2.34. The molecule has 0 atom stereocenters. The molecule has 3 heterocycles. The van der Waals surface area contributed by atoms with Gasteiger partial charge in [0.1, 0.15) is 5.69 Å². The third-order valence-corrected chi connectivity index (χ3v) is 4.96. The van der Waals surface area contributed by atoms with Crippen molar-refractivity contribution < 1.29 is 22.6 Å². The molecule has 0 N–H and O–H groups in total. The van der Waals surface area contributed by atoms with Gasteiger partial charge in [0, 0.05) is 50.2 Å². The smallest absolute Gasteiger partial charge is 0.363 e. The Morgan fingerprint density at radius 1 is 1.16 bits per heavy atom. The molecule has 2 aromatic heterocycles. The monoisotopic (exact) mass is 434 g/mol. The van der Waals surface area contributed by atoms with Crippen LogP contribution in [0.1, 0.15) is 11.5 Å². The molecule has 0 bridgehead atoms. The van der Waals surface area contributed by atoms with Crippen LogP contribution in [0.2, 0.25) is 0 Å². The van der Waals surface area contributed by atoms with Crippen LogP contribution >= 0.6 is 0 Å². The first-order chi connectivity index (χ1) is 14.8. The minimum Gasteiger partial charge on any atom is -0.363 e. The molecule has 0 unspecified atom stereocenters. The molecule has 1 aliphatic rings. The van der Waals surface area contributed by atoms with Crippen LogP contribution in [0.3, 0.4) is 0 Å². The summed E-state index contributed by atoms with van der Waals surface area (Å²) >= 11 is 0. The second-order valence-corrected chi connectivity index (χ2v) is 6.97. The number of hydrogen-bond acceptors (Lipinski definition) is 8. The summed E-state index contributed by atoms with van der Waals surface area (Å²) in [7, 11) is 0. The molecule has 1 saturated heterocycles. The SMILES string of the molecule is O=[N+]([O-])c1cc(C(F)(F)F)ccc1N1CCN(Cc2nc(-c3cccnc3)no2)CC1. The number of alkyl halides is 3. The van der Waals surface area contributed by atoms with Crippen LogP contribution in [0.15, 0.2) is 47.2 Å². The maximum Gasteiger partial charge on any atom is 0.416 e. The summed E-state index contributed by atoms with van der Waals surface area (Å²) in [5.74, 6) is 0.856. The van der Waals surface area contributed by atoms with Gasteiger partial charge < -0.3 is 9.42 Å². The van der Waals surface area contributed by atoms with Gasteiger partial charge in [-0.15, -0.1) is 0 Å². The summed E-state index contributed by atoms with van der Waals surface area (Å²) in [5.41, 5.74) is -0.685. The first kappa shape index (κ1) is 20.7. The van der Waals surface area contributed by atoms with Gasteiger partial charge in [-0.05, 0) is 24.3 Å². The van der Waals surface area contributed by atoms with Crippen molar-refractivity contribution >= 4 is 11.4 Å². The van der Waals surface area contributed by atoms with E-state index < -0.39 is 22.4 Å². The van der Waals surface area contributed by atoms with E-state index in [0.29, 0.717) is 50.5 Å². The van der Waals surface area contributed by atoms with E-state index in [-0.39, 0.29) is 5.69 Å². The van der Waals surface area contributed by atoms with Crippen molar-refractivity contribution in [2.45, 2.75) is 12.7 Å². The van der Waals surface area contributed by atoms with Crippen LogP contribution in [0.4, 0.5) is 24.5 Å². The molecule has 1 aromatic carbocycles. The Morgan fingerprint density at radius 2 is 1.94 bits per heavy atom. The number of benzene rings is 1. The zero-order chi connectivity index (χ0) is 22.0. The van der Waals surface area contributed by atoms with Gasteiger partial charge in [0.25, 0.3) is 5.69 Å². The topological polar surface area (TPSA) is 101 Å². The van der Waals surface area contributed by atoms with Crippen molar-refractivity contribution in [2.75, 3.05) is 31.1 Å². The summed E-state index contributed by atoms with van der Waals surface area (Å²) in [6.07, 6.45) is -1.37. The number of rotatable bonds is 5. The van der Waals surface area contributed by atoms with Crippen molar-refractivity contribution in [3.63, 3.8) is 0 Å². The highest BCUT2D eigenvalue weighted by atomic mass is 19.4. The molecule has 0 radical (unpaired) electrons. The van der Waals surface area contributed by atoms with Gasteiger partial charge in [-0.1, -0.05) is 5.16 Å². The van der Waals surface area contributed by atoms with E-state index in [0.717, 1.165) is 17.7 Å². The van der Waals surface area contributed by atoms with Crippen LogP contribution in [0.5, 0.6) is 0 Å². The third kappa shape index (κ3) is 4.63. The van der Waals surface area contributed by atoms with E-state index in [1.807, 2.05) is 11.0 Å². The number of halogens is 3. The fraction of sp³-hybridized carbons (Fsp3) is 0.316. The average molecular weight is 434 g/mol. The Labute approximate surface area is 174 Å². The molecule has 4 rings (SSSR count). The van der Waals surface area contributed by atoms with E-state index in [9.17, 15) is 23.3 Å². The molecule has 0 aliphatic carbocycles. The number of anilines is 1. The van der Waals surface area contributed by atoms with Gasteiger partial charge in [0.05, 0.1) is 17.0 Å². The van der Waals surface area contributed by atoms with E-state index >= 15 is 0 Å². The highest BCUT2D eigenvalue weighted by molar-refractivity contribution is 5.65. The standard InChI is InChI=1S/C19H17F3N6O3/c20-19(21,22)14-3-4-15(16(10-14)28(29)30)27-8-6-26(7-9-27)12-17-24-18(25-31-17)13-2-1-5-23-11-13/h1-5,10-11H,6-9,12H2. The minimum atomic E-state index is -4.64. The Balaban J connectivity index is 1.41. The summed E-state index contributed by atoms with van der Waals surface area (Å²) in [6, 6.07) is 6.20. The summed E-state index contributed by atoms with van der Waals surface area (Å²) in [5, 5.41) is 15.3.